The van der Waals surface area contributed by atoms with Gasteiger partial charge in [-0.25, -0.2) is 4.79 Å². The van der Waals surface area contributed by atoms with Crippen LogP contribution in [-0.4, -0.2) is 16.7 Å². The molecular formula is C17H19FO4. The van der Waals surface area contributed by atoms with E-state index in [1.54, 1.807) is 39.8 Å². The summed E-state index contributed by atoms with van der Waals surface area (Å²) in [5.41, 5.74) is 0.121. The lowest BCUT2D eigenvalue weighted by molar-refractivity contribution is -0.205. The molecule has 0 heterocycles. The summed E-state index contributed by atoms with van der Waals surface area (Å²) in [6.07, 6.45) is -1.34. The largest absolute Gasteiger partial charge is 0.507 e. The first-order valence-corrected chi connectivity index (χ1v) is 6.96. The van der Waals surface area contributed by atoms with Crippen LogP contribution >= 0.6 is 0 Å². The summed E-state index contributed by atoms with van der Waals surface area (Å²) < 4.78 is 18.1. The summed E-state index contributed by atoms with van der Waals surface area (Å²) in [6.45, 7) is 6.93. The Morgan fingerprint density at radius 2 is 1.91 bits per heavy atom. The number of aryl methyl sites for hydroxylation is 1. The maximum Gasteiger partial charge on any atom is 0.381 e. The van der Waals surface area contributed by atoms with E-state index in [0.717, 1.165) is 5.39 Å². The van der Waals surface area contributed by atoms with Gasteiger partial charge in [-0.2, -0.15) is 0 Å². The molecule has 5 heteroatoms. The number of hydrogen-bond acceptors (Lipinski definition) is 4. The number of halogens is 1. The summed E-state index contributed by atoms with van der Waals surface area (Å²) in [6, 6.07) is 9.00. The van der Waals surface area contributed by atoms with Crippen molar-refractivity contribution in [3.05, 3.63) is 41.5 Å². The van der Waals surface area contributed by atoms with Crippen molar-refractivity contribution >= 4 is 16.7 Å². The van der Waals surface area contributed by atoms with Gasteiger partial charge in [-0.3, -0.25) is 4.94 Å². The van der Waals surface area contributed by atoms with Crippen molar-refractivity contribution in [2.24, 2.45) is 0 Å². The second-order valence-corrected chi connectivity index (χ2v) is 6.18. The van der Waals surface area contributed by atoms with Crippen molar-refractivity contribution in [2.75, 3.05) is 0 Å². The Morgan fingerprint density at radius 1 is 1.27 bits per heavy atom. The Balaban J connectivity index is 2.65. The zero-order valence-electron chi connectivity index (χ0n) is 13.0. The zero-order chi connectivity index (χ0) is 16.5. The Bertz CT molecular complexity index is 704. The van der Waals surface area contributed by atoms with E-state index in [-0.39, 0.29) is 11.3 Å². The normalized spacial score (nSPS) is 13.1. The van der Waals surface area contributed by atoms with Crippen LogP contribution < -0.4 is 0 Å². The Hall–Kier alpha value is -2.14. The molecule has 0 aliphatic carbocycles. The van der Waals surface area contributed by atoms with Gasteiger partial charge in [0, 0.05) is 15.5 Å². The van der Waals surface area contributed by atoms with Gasteiger partial charge in [0.2, 0.25) is 0 Å². The van der Waals surface area contributed by atoms with Crippen LogP contribution in [0.5, 0.6) is 5.75 Å². The number of aromatic hydroxyl groups is 1. The van der Waals surface area contributed by atoms with Gasteiger partial charge in [-0.15, -0.1) is 0 Å². The molecule has 0 amide bonds. The fourth-order valence-corrected chi connectivity index (χ4v) is 2.43. The number of fused-ring (bicyclic) bond motifs is 1. The van der Waals surface area contributed by atoms with Crippen LogP contribution in [-0.2, 0) is 14.5 Å². The first kappa shape index (κ1) is 16.2. The van der Waals surface area contributed by atoms with Crippen molar-refractivity contribution in [3.63, 3.8) is 0 Å². The van der Waals surface area contributed by atoms with Gasteiger partial charge in [0.15, 0.2) is 6.10 Å². The highest BCUT2D eigenvalue weighted by molar-refractivity contribution is 5.92. The van der Waals surface area contributed by atoms with Crippen molar-refractivity contribution < 1.29 is 24.1 Å². The molecule has 2 aromatic carbocycles. The van der Waals surface area contributed by atoms with Gasteiger partial charge in [0.1, 0.15) is 5.75 Å². The fraction of sp³-hybridized carbons (Fsp3) is 0.353. The molecule has 1 atom stereocenters. The summed E-state index contributed by atoms with van der Waals surface area (Å²) in [7, 11) is 0. The number of ether oxygens (including phenoxy) is 1. The Morgan fingerprint density at radius 3 is 2.50 bits per heavy atom. The molecule has 22 heavy (non-hydrogen) atoms. The topological polar surface area (TPSA) is 55.8 Å². The van der Waals surface area contributed by atoms with E-state index in [0.29, 0.717) is 10.9 Å². The lowest BCUT2D eigenvalue weighted by Crippen LogP contribution is -2.28. The molecule has 1 unspecified atom stereocenters. The van der Waals surface area contributed by atoms with Crippen molar-refractivity contribution in [2.45, 2.75) is 39.4 Å². The number of hydrogen-bond donors (Lipinski definition) is 1. The lowest BCUT2D eigenvalue weighted by atomic mass is 9.96. The predicted octanol–water partition coefficient (Wildman–Crippen LogP) is 4.14. The predicted molar refractivity (Wildman–Crippen MR) is 81.1 cm³/mol. The van der Waals surface area contributed by atoms with Crippen molar-refractivity contribution in [1.29, 1.82) is 0 Å². The molecule has 0 spiro atoms. The molecule has 0 aliphatic heterocycles. The number of phenolic OH excluding ortho intramolecular Hbond substituents is 1. The molecule has 0 radical (unpaired) electrons. The third-order valence-electron chi connectivity index (χ3n) is 3.29. The second-order valence-electron chi connectivity index (χ2n) is 6.18. The van der Waals surface area contributed by atoms with Crippen LogP contribution in [0.2, 0.25) is 0 Å². The van der Waals surface area contributed by atoms with Crippen LogP contribution in [0.4, 0.5) is 4.53 Å². The van der Waals surface area contributed by atoms with E-state index in [4.69, 9.17) is 4.74 Å². The van der Waals surface area contributed by atoms with Gasteiger partial charge in [-0.05, 0) is 38.6 Å². The third-order valence-corrected chi connectivity index (χ3v) is 3.29. The van der Waals surface area contributed by atoms with Crippen LogP contribution in [0, 0.1) is 6.92 Å². The zero-order valence-corrected chi connectivity index (χ0v) is 13.0. The molecule has 118 valence electrons. The highest BCUT2D eigenvalue weighted by Gasteiger charge is 2.33. The van der Waals surface area contributed by atoms with Gasteiger partial charge in [-0.1, -0.05) is 30.3 Å². The minimum atomic E-state index is -1.34. The molecule has 1 N–H and O–H groups in total. The van der Waals surface area contributed by atoms with Gasteiger partial charge in [0.25, 0.3) is 0 Å². The lowest BCUT2D eigenvalue weighted by Gasteiger charge is -2.27. The first-order valence-electron chi connectivity index (χ1n) is 6.96. The average Bonchev–Trinajstić information content (AvgIpc) is 2.44. The van der Waals surface area contributed by atoms with Crippen molar-refractivity contribution in [1.82, 2.24) is 0 Å². The van der Waals surface area contributed by atoms with E-state index in [2.05, 4.69) is 4.94 Å². The highest BCUT2D eigenvalue weighted by Crippen LogP contribution is 2.39. The molecule has 0 aliphatic rings. The van der Waals surface area contributed by atoms with Crippen LogP contribution in [0.15, 0.2) is 30.3 Å². The molecule has 0 bridgehead atoms. The summed E-state index contributed by atoms with van der Waals surface area (Å²) in [5, 5.41) is 11.9. The van der Waals surface area contributed by atoms with Crippen molar-refractivity contribution in [3.8, 4) is 5.75 Å². The van der Waals surface area contributed by atoms with E-state index >= 15 is 0 Å². The smallest absolute Gasteiger partial charge is 0.381 e. The highest BCUT2D eigenvalue weighted by atomic mass is 19.3. The number of rotatable bonds is 3. The molecular weight excluding hydrogens is 287 g/mol. The van der Waals surface area contributed by atoms with Crippen LogP contribution in [0.25, 0.3) is 10.8 Å². The maximum absolute atomic E-state index is 12.5. The number of benzene rings is 2. The summed E-state index contributed by atoms with van der Waals surface area (Å²) in [5.74, 6) is -1.29. The van der Waals surface area contributed by atoms with Crippen LogP contribution in [0.1, 0.15) is 38.0 Å². The first-order chi connectivity index (χ1) is 10.2. The molecule has 2 aromatic rings. The van der Waals surface area contributed by atoms with E-state index in [9.17, 15) is 14.4 Å². The minimum Gasteiger partial charge on any atom is -0.507 e. The Kier molecular flexibility index (Phi) is 4.37. The minimum absolute atomic E-state index is 0.102. The monoisotopic (exact) mass is 306 g/mol. The molecule has 0 fully saturated rings. The number of phenols is 1. The second kappa shape index (κ2) is 5.93. The maximum atomic E-state index is 12.5. The SMILES string of the molecule is Cc1cc2ccccc2c(O)c1C(OC(C)(C)C)C(=O)OF. The molecule has 2 rings (SSSR count). The summed E-state index contributed by atoms with van der Waals surface area (Å²) in [4.78, 5) is 15.2. The van der Waals surface area contributed by atoms with Crippen LogP contribution in [0.3, 0.4) is 0 Å². The van der Waals surface area contributed by atoms with E-state index in [1.165, 1.54) is 0 Å². The molecule has 0 aromatic heterocycles. The van der Waals surface area contributed by atoms with Gasteiger partial charge >= 0.3 is 5.97 Å². The molecule has 0 saturated heterocycles. The standard InChI is InChI=1S/C17H19FO4/c1-10-9-11-7-5-6-8-12(11)14(19)13(10)15(16(20)22-18)21-17(2,3)4/h5-9,15,19H,1-4H3. The average molecular weight is 306 g/mol. The van der Waals surface area contributed by atoms with Gasteiger partial charge in [0.05, 0.1) is 5.60 Å². The third kappa shape index (κ3) is 3.20. The number of carbonyl (C=O) groups is 1. The summed E-state index contributed by atoms with van der Waals surface area (Å²) >= 11 is 0. The Labute approximate surface area is 128 Å². The quantitative estimate of drug-likeness (QED) is 0.926. The van der Waals surface area contributed by atoms with E-state index < -0.39 is 17.7 Å². The van der Waals surface area contributed by atoms with Gasteiger partial charge < -0.3 is 9.84 Å². The number of carbonyl (C=O) groups excluding carboxylic acids is 1. The van der Waals surface area contributed by atoms with E-state index in [1.807, 2.05) is 18.2 Å². The fourth-order valence-electron chi connectivity index (χ4n) is 2.43. The molecule has 4 nitrogen and oxygen atoms in total. The molecule has 0 saturated carbocycles.